The molecule has 2 aromatic carbocycles. The van der Waals surface area contributed by atoms with E-state index in [2.05, 4.69) is 4.40 Å². The van der Waals surface area contributed by atoms with Crippen LogP contribution in [0, 0.1) is 6.92 Å². The van der Waals surface area contributed by atoms with Gasteiger partial charge in [-0.15, -0.1) is 0 Å². The van der Waals surface area contributed by atoms with Gasteiger partial charge in [0.15, 0.2) is 0 Å². The third-order valence-corrected chi connectivity index (χ3v) is 4.46. The van der Waals surface area contributed by atoms with Gasteiger partial charge in [-0.05, 0) is 49.7 Å². The maximum absolute atomic E-state index is 12.1. The van der Waals surface area contributed by atoms with Gasteiger partial charge in [-0.3, -0.25) is 0 Å². The lowest BCUT2D eigenvalue weighted by Gasteiger charge is -2.05. The maximum atomic E-state index is 12.1. The lowest BCUT2D eigenvalue weighted by atomic mass is 10.2. The summed E-state index contributed by atoms with van der Waals surface area (Å²) < 4.78 is 33.2. The molecule has 0 spiro atoms. The van der Waals surface area contributed by atoms with Crippen molar-refractivity contribution in [3.63, 3.8) is 0 Å². The van der Waals surface area contributed by atoms with Crippen LogP contribution in [0.5, 0.6) is 5.75 Å². The van der Waals surface area contributed by atoms with Crippen molar-refractivity contribution in [2.45, 2.75) is 18.7 Å². The molecule has 2 rings (SSSR count). The number of hydrogen-bond acceptors (Lipinski definition) is 3. The van der Waals surface area contributed by atoms with Gasteiger partial charge >= 0.3 is 0 Å². The minimum Gasteiger partial charge on any atom is -0.492 e. The molecular formula is C16H16ClNO3S. The molecule has 0 atom stereocenters. The largest absolute Gasteiger partial charge is 0.492 e. The van der Waals surface area contributed by atoms with Crippen molar-refractivity contribution in [1.29, 1.82) is 0 Å². The Bertz CT molecular complexity index is 784. The Morgan fingerprint density at radius 1 is 1.18 bits per heavy atom. The van der Waals surface area contributed by atoms with E-state index in [1.165, 1.54) is 18.3 Å². The van der Waals surface area contributed by atoms with Gasteiger partial charge < -0.3 is 4.74 Å². The highest BCUT2D eigenvalue weighted by Crippen LogP contribution is 2.25. The molecule has 2 aromatic rings. The molecule has 0 amide bonds. The van der Waals surface area contributed by atoms with Crippen LogP contribution in [0.25, 0.3) is 0 Å². The number of halogens is 1. The molecule has 6 heteroatoms. The number of ether oxygens (including phenoxy) is 1. The fraction of sp³-hybridized carbons (Fsp3) is 0.188. The minimum absolute atomic E-state index is 0.159. The number of benzene rings is 2. The van der Waals surface area contributed by atoms with Gasteiger partial charge in [0.1, 0.15) is 5.75 Å². The molecule has 0 aliphatic carbocycles. The molecule has 22 heavy (non-hydrogen) atoms. The van der Waals surface area contributed by atoms with E-state index in [9.17, 15) is 8.42 Å². The SMILES string of the molecule is CCOc1ccc(/C=N\S(=O)(=O)c2ccc(C)cc2)cc1Cl. The summed E-state index contributed by atoms with van der Waals surface area (Å²) in [7, 11) is -3.71. The Morgan fingerprint density at radius 2 is 1.86 bits per heavy atom. The lowest BCUT2D eigenvalue weighted by Crippen LogP contribution is -1.98. The zero-order chi connectivity index (χ0) is 16.2. The molecule has 0 radical (unpaired) electrons. The average molecular weight is 338 g/mol. The van der Waals surface area contributed by atoms with Gasteiger partial charge in [0, 0.05) is 6.21 Å². The first-order valence-electron chi connectivity index (χ1n) is 6.72. The summed E-state index contributed by atoms with van der Waals surface area (Å²) in [6, 6.07) is 11.5. The zero-order valence-corrected chi connectivity index (χ0v) is 13.9. The lowest BCUT2D eigenvalue weighted by molar-refractivity contribution is 0.340. The van der Waals surface area contributed by atoms with Crippen LogP contribution in [0.4, 0.5) is 0 Å². The molecule has 0 fully saturated rings. The van der Waals surface area contributed by atoms with Crippen molar-refractivity contribution >= 4 is 27.8 Å². The predicted octanol–water partition coefficient (Wildman–Crippen LogP) is 3.85. The van der Waals surface area contributed by atoms with E-state index < -0.39 is 10.0 Å². The highest BCUT2D eigenvalue weighted by atomic mass is 35.5. The smallest absolute Gasteiger partial charge is 0.282 e. The fourth-order valence-electron chi connectivity index (χ4n) is 1.77. The average Bonchev–Trinajstić information content (AvgIpc) is 2.48. The number of sulfonamides is 1. The first kappa shape index (κ1) is 16.5. The highest BCUT2D eigenvalue weighted by molar-refractivity contribution is 7.90. The zero-order valence-electron chi connectivity index (χ0n) is 12.3. The minimum atomic E-state index is -3.71. The summed E-state index contributed by atoms with van der Waals surface area (Å²) in [5.74, 6) is 0.558. The van der Waals surface area contributed by atoms with Crippen LogP contribution in [0.2, 0.25) is 5.02 Å². The monoisotopic (exact) mass is 337 g/mol. The van der Waals surface area contributed by atoms with Gasteiger partial charge in [0.05, 0.1) is 16.5 Å². The second-order valence-corrected chi connectivity index (χ2v) is 6.69. The molecule has 0 saturated heterocycles. The van der Waals surface area contributed by atoms with Crippen molar-refractivity contribution < 1.29 is 13.2 Å². The fourth-order valence-corrected chi connectivity index (χ4v) is 2.88. The van der Waals surface area contributed by atoms with Crippen LogP contribution in [0.3, 0.4) is 0 Å². The standard InChI is InChI=1S/C16H16ClNO3S/c1-3-21-16-9-6-13(10-15(16)17)11-18-22(19,20)14-7-4-12(2)5-8-14/h4-11H,3H2,1-2H3/b18-11-. The summed E-state index contributed by atoms with van der Waals surface area (Å²) >= 11 is 6.06. The molecule has 116 valence electrons. The van der Waals surface area contributed by atoms with E-state index in [1.54, 1.807) is 30.3 Å². The van der Waals surface area contributed by atoms with Crippen molar-refractivity contribution in [3.8, 4) is 5.75 Å². The van der Waals surface area contributed by atoms with Gasteiger partial charge in [-0.2, -0.15) is 12.8 Å². The predicted molar refractivity (Wildman–Crippen MR) is 88.6 cm³/mol. The molecule has 0 aliphatic heterocycles. The molecule has 0 aromatic heterocycles. The van der Waals surface area contributed by atoms with Crippen LogP contribution >= 0.6 is 11.6 Å². The normalized spacial score (nSPS) is 11.8. The Kier molecular flexibility index (Phi) is 5.21. The first-order valence-corrected chi connectivity index (χ1v) is 8.53. The van der Waals surface area contributed by atoms with Crippen LogP contribution < -0.4 is 4.74 Å². The van der Waals surface area contributed by atoms with Crippen LogP contribution in [-0.2, 0) is 10.0 Å². The van der Waals surface area contributed by atoms with Crippen molar-refractivity contribution in [2.75, 3.05) is 6.61 Å². The molecule has 0 aliphatic rings. The van der Waals surface area contributed by atoms with Gasteiger partial charge in [-0.1, -0.05) is 29.3 Å². The van der Waals surface area contributed by atoms with E-state index in [1.807, 2.05) is 13.8 Å². The molecular weight excluding hydrogens is 322 g/mol. The van der Waals surface area contributed by atoms with Crippen molar-refractivity contribution in [1.82, 2.24) is 0 Å². The Hall–Kier alpha value is -1.85. The number of hydrogen-bond donors (Lipinski definition) is 0. The Balaban J connectivity index is 2.24. The number of rotatable bonds is 5. The third-order valence-electron chi connectivity index (χ3n) is 2.92. The van der Waals surface area contributed by atoms with Crippen LogP contribution in [0.15, 0.2) is 51.8 Å². The quantitative estimate of drug-likeness (QED) is 0.778. The molecule has 0 N–H and O–H groups in total. The summed E-state index contributed by atoms with van der Waals surface area (Å²) in [5, 5.41) is 0.415. The van der Waals surface area contributed by atoms with E-state index in [0.29, 0.717) is 22.9 Å². The van der Waals surface area contributed by atoms with Crippen LogP contribution in [0.1, 0.15) is 18.1 Å². The molecule has 4 nitrogen and oxygen atoms in total. The molecule has 0 unspecified atom stereocenters. The second-order valence-electron chi connectivity index (χ2n) is 4.65. The molecule has 0 heterocycles. The molecule has 0 saturated carbocycles. The third kappa shape index (κ3) is 4.08. The van der Waals surface area contributed by atoms with Crippen LogP contribution in [-0.4, -0.2) is 21.2 Å². The van der Waals surface area contributed by atoms with E-state index in [-0.39, 0.29) is 4.90 Å². The maximum Gasteiger partial charge on any atom is 0.282 e. The second kappa shape index (κ2) is 6.94. The topological polar surface area (TPSA) is 55.7 Å². The Labute approximate surface area is 135 Å². The number of aryl methyl sites for hydroxylation is 1. The number of nitrogens with zero attached hydrogens (tertiary/aromatic N) is 1. The first-order chi connectivity index (χ1) is 10.4. The summed E-state index contributed by atoms with van der Waals surface area (Å²) in [6.45, 7) is 4.26. The van der Waals surface area contributed by atoms with Crippen molar-refractivity contribution in [2.24, 2.45) is 4.40 Å². The van der Waals surface area contributed by atoms with Gasteiger partial charge in [0.25, 0.3) is 10.0 Å². The van der Waals surface area contributed by atoms with E-state index in [0.717, 1.165) is 5.56 Å². The molecule has 0 bridgehead atoms. The summed E-state index contributed by atoms with van der Waals surface area (Å²) in [4.78, 5) is 0.159. The Morgan fingerprint density at radius 3 is 2.45 bits per heavy atom. The van der Waals surface area contributed by atoms with Gasteiger partial charge in [-0.25, -0.2) is 0 Å². The summed E-state index contributed by atoms with van der Waals surface area (Å²) in [5.41, 5.74) is 1.57. The van der Waals surface area contributed by atoms with E-state index in [4.69, 9.17) is 16.3 Å². The highest BCUT2D eigenvalue weighted by Gasteiger charge is 2.11. The summed E-state index contributed by atoms with van der Waals surface area (Å²) in [6.07, 6.45) is 1.27. The van der Waals surface area contributed by atoms with E-state index >= 15 is 0 Å². The van der Waals surface area contributed by atoms with Crippen molar-refractivity contribution in [3.05, 3.63) is 58.6 Å². The van der Waals surface area contributed by atoms with Gasteiger partial charge in [0.2, 0.25) is 0 Å².